The van der Waals surface area contributed by atoms with Crippen molar-refractivity contribution in [2.24, 2.45) is 0 Å². The number of carbonyl (C=O) groups excluding carboxylic acids is 1. The smallest absolute Gasteiger partial charge is 0.303 e. The fourth-order valence-corrected chi connectivity index (χ4v) is 2.32. The van der Waals surface area contributed by atoms with E-state index in [1.165, 1.54) is 0 Å². The van der Waals surface area contributed by atoms with Crippen LogP contribution in [0.2, 0.25) is 0 Å². The first kappa shape index (κ1) is 15.8. The van der Waals surface area contributed by atoms with Gasteiger partial charge in [0.15, 0.2) is 0 Å². The molecule has 0 aliphatic carbocycles. The summed E-state index contributed by atoms with van der Waals surface area (Å²) in [5.41, 5.74) is 4.43. The van der Waals surface area contributed by atoms with Crippen LogP contribution >= 0.6 is 0 Å². The molecular formula is C18H19NO3. The van der Waals surface area contributed by atoms with E-state index in [0.717, 1.165) is 22.4 Å². The van der Waals surface area contributed by atoms with E-state index in [1.807, 2.05) is 32.0 Å². The highest BCUT2D eigenvalue weighted by Gasteiger charge is 2.07. The van der Waals surface area contributed by atoms with Crippen LogP contribution in [0, 0.1) is 13.8 Å². The van der Waals surface area contributed by atoms with E-state index >= 15 is 0 Å². The molecule has 0 aliphatic heterocycles. The Morgan fingerprint density at radius 1 is 1.00 bits per heavy atom. The summed E-state index contributed by atoms with van der Waals surface area (Å²) in [6, 6.07) is 12.9. The van der Waals surface area contributed by atoms with Crippen molar-refractivity contribution in [3.05, 3.63) is 64.7 Å². The third kappa shape index (κ3) is 4.45. The van der Waals surface area contributed by atoms with Gasteiger partial charge in [-0.25, -0.2) is 0 Å². The first-order chi connectivity index (χ1) is 10.4. The molecule has 0 atom stereocenters. The van der Waals surface area contributed by atoms with Crippen LogP contribution in [0.3, 0.4) is 0 Å². The number of amides is 1. The summed E-state index contributed by atoms with van der Waals surface area (Å²) in [5.74, 6) is -0.994. The average molecular weight is 297 g/mol. The molecule has 2 aromatic rings. The lowest BCUT2D eigenvalue weighted by Crippen LogP contribution is -2.12. The molecule has 0 bridgehead atoms. The molecular weight excluding hydrogens is 278 g/mol. The lowest BCUT2D eigenvalue weighted by Gasteiger charge is -2.08. The number of hydrogen-bond donors (Lipinski definition) is 2. The maximum absolute atomic E-state index is 12.2. The standard InChI is InChI=1S/C18H19NO3/c1-12-9-13(2)11-16(10-12)19-18(22)15-6-3-14(4-7-15)5-8-17(20)21/h3-4,6-7,9-11H,5,8H2,1-2H3,(H,19,22)(H,20,21). The van der Waals surface area contributed by atoms with Gasteiger partial charge in [-0.05, 0) is 61.2 Å². The molecule has 0 aromatic heterocycles. The van der Waals surface area contributed by atoms with Gasteiger partial charge >= 0.3 is 5.97 Å². The van der Waals surface area contributed by atoms with Crippen LogP contribution in [-0.4, -0.2) is 17.0 Å². The Labute approximate surface area is 129 Å². The number of aliphatic carboxylic acids is 1. The van der Waals surface area contributed by atoms with Crippen molar-refractivity contribution >= 4 is 17.6 Å². The van der Waals surface area contributed by atoms with E-state index < -0.39 is 5.97 Å². The van der Waals surface area contributed by atoms with Gasteiger partial charge in [0.1, 0.15) is 0 Å². The summed E-state index contributed by atoms with van der Waals surface area (Å²) in [4.78, 5) is 22.8. The van der Waals surface area contributed by atoms with Crippen LogP contribution < -0.4 is 5.32 Å². The average Bonchev–Trinajstić information content (AvgIpc) is 2.44. The highest BCUT2D eigenvalue weighted by atomic mass is 16.4. The van der Waals surface area contributed by atoms with Crippen molar-refractivity contribution in [1.82, 2.24) is 0 Å². The molecule has 4 nitrogen and oxygen atoms in total. The number of carbonyl (C=O) groups is 2. The Balaban J connectivity index is 2.04. The van der Waals surface area contributed by atoms with Crippen molar-refractivity contribution < 1.29 is 14.7 Å². The van der Waals surface area contributed by atoms with E-state index in [1.54, 1.807) is 24.3 Å². The van der Waals surface area contributed by atoms with Gasteiger partial charge in [0.05, 0.1) is 0 Å². The zero-order valence-electron chi connectivity index (χ0n) is 12.7. The molecule has 2 rings (SSSR count). The summed E-state index contributed by atoms with van der Waals surface area (Å²) < 4.78 is 0. The second-order valence-electron chi connectivity index (χ2n) is 5.42. The minimum absolute atomic E-state index is 0.0914. The molecule has 0 saturated carbocycles. The maximum atomic E-state index is 12.2. The number of rotatable bonds is 5. The number of hydrogen-bond acceptors (Lipinski definition) is 2. The third-order valence-corrected chi connectivity index (χ3v) is 3.32. The number of carboxylic acid groups (broad SMARTS) is 1. The zero-order chi connectivity index (χ0) is 16.1. The summed E-state index contributed by atoms with van der Waals surface area (Å²) in [6.45, 7) is 3.97. The molecule has 114 valence electrons. The van der Waals surface area contributed by atoms with Crippen LogP contribution in [0.4, 0.5) is 5.69 Å². The lowest BCUT2D eigenvalue weighted by atomic mass is 10.1. The van der Waals surface area contributed by atoms with Gasteiger partial charge in [0.25, 0.3) is 5.91 Å². The molecule has 22 heavy (non-hydrogen) atoms. The van der Waals surface area contributed by atoms with Gasteiger partial charge in [-0.15, -0.1) is 0 Å². The Morgan fingerprint density at radius 2 is 1.59 bits per heavy atom. The van der Waals surface area contributed by atoms with Gasteiger partial charge in [-0.3, -0.25) is 9.59 Å². The van der Waals surface area contributed by atoms with E-state index in [2.05, 4.69) is 5.32 Å². The molecule has 0 aliphatic rings. The SMILES string of the molecule is Cc1cc(C)cc(NC(=O)c2ccc(CCC(=O)O)cc2)c1. The molecule has 2 aromatic carbocycles. The maximum Gasteiger partial charge on any atom is 0.303 e. The van der Waals surface area contributed by atoms with Crippen LogP contribution in [-0.2, 0) is 11.2 Å². The minimum Gasteiger partial charge on any atom is -0.481 e. The second kappa shape index (κ2) is 6.89. The van der Waals surface area contributed by atoms with Crippen molar-refractivity contribution in [3.8, 4) is 0 Å². The summed E-state index contributed by atoms with van der Waals surface area (Å²) in [5, 5.41) is 11.5. The fraction of sp³-hybridized carbons (Fsp3) is 0.222. The number of benzene rings is 2. The Morgan fingerprint density at radius 3 is 2.14 bits per heavy atom. The van der Waals surface area contributed by atoms with Crippen molar-refractivity contribution in [1.29, 1.82) is 0 Å². The molecule has 1 amide bonds. The summed E-state index contributed by atoms with van der Waals surface area (Å²) in [6.07, 6.45) is 0.558. The quantitative estimate of drug-likeness (QED) is 0.886. The van der Waals surface area contributed by atoms with Crippen molar-refractivity contribution in [2.45, 2.75) is 26.7 Å². The van der Waals surface area contributed by atoms with Crippen LogP contribution in [0.25, 0.3) is 0 Å². The summed E-state index contributed by atoms with van der Waals surface area (Å²) >= 11 is 0. The highest BCUT2D eigenvalue weighted by Crippen LogP contribution is 2.15. The predicted molar refractivity (Wildman–Crippen MR) is 86.3 cm³/mol. The highest BCUT2D eigenvalue weighted by molar-refractivity contribution is 6.04. The van der Waals surface area contributed by atoms with Crippen LogP contribution in [0.1, 0.15) is 33.5 Å². The summed E-state index contributed by atoms with van der Waals surface area (Å²) in [7, 11) is 0. The second-order valence-corrected chi connectivity index (χ2v) is 5.42. The number of anilines is 1. The predicted octanol–water partition coefficient (Wildman–Crippen LogP) is 3.57. The number of aryl methyl sites for hydroxylation is 3. The molecule has 2 N–H and O–H groups in total. The third-order valence-electron chi connectivity index (χ3n) is 3.32. The molecule has 0 unspecified atom stereocenters. The molecule has 0 fully saturated rings. The van der Waals surface area contributed by atoms with Gasteiger partial charge in [-0.1, -0.05) is 18.2 Å². The van der Waals surface area contributed by atoms with Gasteiger partial charge < -0.3 is 10.4 Å². The van der Waals surface area contributed by atoms with E-state index in [-0.39, 0.29) is 12.3 Å². The van der Waals surface area contributed by atoms with Crippen molar-refractivity contribution in [3.63, 3.8) is 0 Å². The molecule has 0 radical (unpaired) electrons. The van der Waals surface area contributed by atoms with Gasteiger partial charge in [0, 0.05) is 17.7 Å². The fourth-order valence-electron chi connectivity index (χ4n) is 2.32. The first-order valence-corrected chi connectivity index (χ1v) is 7.14. The lowest BCUT2D eigenvalue weighted by molar-refractivity contribution is -0.136. The van der Waals surface area contributed by atoms with Crippen molar-refractivity contribution in [2.75, 3.05) is 5.32 Å². The zero-order valence-corrected chi connectivity index (χ0v) is 12.7. The van der Waals surface area contributed by atoms with Crippen LogP contribution in [0.15, 0.2) is 42.5 Å². The van der Waals surface area contributed by atoms with Gasteiger partial charge in [-0.2, -0.15) is 0 Å². The van der Waals surface area contributed by atoms with E-state index in [4.69, 9.17) is 5.11 Å². The normalized spacial score (nSPS) is 10.3. The molecule has 0 spiro atoms. The topological polar surface area (TPSA) is 66.4 Å². The Hall–Kier alpha value is -2.62. The monoisotopic (exact) mass is 297 g/mol. The van der Waals surface area contributed by atoms with Gasteiger partial charge in [0.2, 0.25) is 0 Å². The molecule has 0 saturated heterocycles. The van der Waals surface area contributed by atoms with Crippen LogP contribution in [0.5, 0.6) is 0 Å². The Bertz CT molecular complexity index is 670. The number of nitrogens with one attached hydrogen (secondary N) is 1. The van der Waals surface area contributed by atoms with E-state index in [9.17, 15) is 9.59 Å². The minimum atomic E-state index is -0.823. The number of carboxylic acids is 1. The Kier molecular flexibility index (Phi) is 4.94. The molecule has 4 heteroatoms. The first-order valence-electron chi connectivity index (χ1n) is 7.14. The largest absolute Gasteiger partial charge is 0.481 e. The van der Waals surface area contributed by atoms with E-state index in [0.29, 0.717) is 12.0 Å². The molecule has 0 heterocycles.